The predicted molar refractivity (Wildman–Crippen MR) is 66.1 cm³/mol. The molecular formula is C10H8BrCl2NO. The maximum atomic E-state index is 11.7. The number of hydrogen-bond acceptors (Lipinski definition) is 1. The maximum Gasteiger partial charge on any atom is 0.240 e. The highest BCUT2D eigenvalue weighted by Gasteiger charge is 2.31. The van der Waals surface area contributed by atoms with Gasteiger partial charge in [-0.3, -0.25) is 4.79 Å². The minimum atomic E-state index is -0.0933. The average Bonchev–Trinajstić information content (AvgIpc) is 2.49. The number of amides is 1. The Morgan fingerprint density at radius 2 is 2.13 bits per heavy atom. The van der Waals surface area contributed by atoms with Gasteiger partial charge in [0.25, 0.3) is 0 Å². The van der Waals surface area contributed by atoms with Gasteiger partial charge in [0, 0.05) is 11.6 Å². The standard InChI is InChI=1S/C10H8BrCl2NO/c11-7-3-4-14(10(7)15)9-2-1-6(12)5-8(9)13/h1-2,5,7H,3-4H2/t7-/m1/s1. The fourth-order valence-corrected chi connectivity index (χ4v) is 2.55. The summed E-state index contributed by atoms with van der Waals surface area (Å²) in [7, 11) is 0. The molecule has 1 heterocycles. The molecule has 0 N–H and O–H groups in total. The van der Waals surface area contributed by atoms with Gasteiger partial charge in [0.05, 0.1) is 15.5 Å². The summed E-state index contributed by atoms with van der Waals surface area (Å²) in [5.41, 5.74) is 0.730. The van der Waals surface area contributed by atoms with Gasteiger partial charge in [-0.25, -0.2) is 0 Å². The molecule has 0 bridgehead atoms. The molecule has 0 unspecified atom stereocenters. The Bertz CT molecular complexity index is 410. The van der Waals surface area contributed by atoms with E-state index < -0.39 is 0 Å². The van der Waals surface area contributed by atoms with Gasteiger partial charge in [0.1, 0.15) is 0 Å². The topological polar surface area (TPSA) is 20.3 Å². The van der Waals surface area contributed by atoms with Crippen molar-refractivity contribution in [2.75, 3.05) is 11.4 Å². The Balaban J connectivity index is 2.34. The van der Waals surface area contributed by atoms with Gasteiger partial charge in [-0.2, -0.15) is 0 Å². The van der Waals surface area contributed by atoms with Crippen molar-refractivity contribution in [3.05, 3.63) is 28.2 Å². The second-order valence-corrected chi connectivity index (χ2v) is 5.29. The van der Waals surface area contributed by atoms with Crippen LogP contribution in [-0.4, -0.2) is 17.3 Å². The first-order chi connectivity index (χ1) is 7.09. The molecule has 0 aromatic heterocycles. The Kier molecular flexibility index (Phi) is 3.24. The molecule has 1 atom stereocenters. The lowest BCUT2D eigenvalue weighted by atomic mass is 10.3. The molecule has 0 saturated carbocycles. The second kappa shape index (κ2) is 4.32. The zero-order valence-corrected chi connectivity index (χ0v) is 10.8. The fraction of sp³-hybridized carbons (Fsp3) is 0.300. The number of anilines is 1. The fourth-order valence-electron chi connectivity index (χ4n) is 1.58. The second-order valence-electron chi connectivity index (χ2n) is 3.34. The van der Waals surface area contributed by atoms with Gasteiger partial charge >= 0.3 is 0 Å². The molecule has 2 nitrogen and oxygen atoms in total. The number of rotatable bonds is 1. The molecule has 5 heteroatoms. The number of carbonyl (C=O) groups is 1. The van der Waals surface area contributed by atoms with Crippen LogP contribution in [0.25, 0.3) is 0 Å². The van der Waals surface area contributed by atoms with Crippen molar-refractivity contribution in [1.82, 2.24) is 0 Å². The van der Waals surface area contributed by atoms with Crippen molar-refractivity contribution in [1.29, 1.82) is 0 Å². The van der Waals surface area contributed by atoms with Crippen LogP contribution in [0.5, 0.6) is 0 Å². The SMILES string of the molecule is O=C1[C@H](Br)CCN1c1ccc(Cl)cc1Cl. The summed E-state index contributed by atoms with van der Waals surface area (Å²) >= 11 is 15.1. The summed E-state index contributed by atoms with van der Waals surface area (Å²) in [6.07, 6.45) is 0.803. The number of nitrogens with zero attached hydrogens (tertiary/aromatic N) is 1. The first kappa shape index (κ1) is 11.2. The van der Waals surface area contributed by atoms with Crippen molar-refractivity contribution in [2.45, 2.75) is 11.2 Å². The van der Waals surface area contributed by atoms with Crippen molar-refractivity contribution in [2.24, 2.45) is 0 Å². The van der Waals surface area contributed by atoms with Crippen molar-refractivity contribution in [3.8, 4) is 0 Å². The van der Waals surface area contributed by atoms with Crippen LogP contribution < -0.4 is 4.90 Å². The van der Waals surface area contributed by atoms with Crippen molar-refractivity contribution >= 4 is 50.7 Å². The normalized spacial score (nSPS) is 21.1. The zero-order valence-electron chi connectivity index (χ0n) is 7.71. The van der Waals surface area contributed by atoms with Crippen LogP contribution in [0, 0.1) is 0 Å². The summed E-state index contributed by atoms with van der Waals surface area (Å²) in [5.74, 6) is 0.0548. The summed E-state index contributed by atoms with van der Waals surface area (Å²) in [5, 5.41) is 1.09. The van der Waals surface area contributed by atoms with Gasteiger partial charge in [0.2, 0.25) is 5.91 Å². The van der Waals surface area contributed by atoms with E-state index in [9.17, 15) is 4.79 Å². The molecule has 15 heavy (non-hydrogen) atoms. The number of carbonyl (C=O) groups excluding carboxylic acids is 1. The van der Waals surface area contributed by atoms with Crippen molar-refractivity contribution in [3.63, 3.8) is 0 Å². The van der Waals surface area contributed by atoms with E-state index >= 15 is 0 Å². The molecule has 1 saturated heterocycles. The van der Waals surface area contributed by atoms with Crippen LogP contribution >= 0.6 is 39.1 Å². The van der Waals surface area contributed by atoms with Gasteiger partial charge in [-0.1, -0.05) is 39.1 Å². The van der Waals surface area contributed by atoms with E-state index in [2.05, 4.69) is 15.9 Å². The molecular weight excluding hydrogens is 301 g/mol. The summed E-state index contributed by atoms with van der Waals surface area (Å²) in [4.78, 5) is 13.3. The van der Waals surface area contributed by atoms with E-state index in [0.29, 0.717) is 16.6 Å². The number of benzene rings is 1. The van der Waals surface area contributed by atoms with E-state index in [0.717, 1.165) is 12.1 Å². The largest absolute Gasteiger partial charge is 0.310 e. The molecule has 1 aromatic carbocycles. The Morgan fingerprint density at radius 3 is 2.67 bits per heavy atom. The third-order valence-electron chi connectivity index (χ3n) is 2.34. The van der Waals surface area contributed by atoms with Gasteiger partial charge < -0.3 is 4.90 Å². The average molecular weight is 309 g/mol. The maximum absolute atomic E-state index is 11.7. The van der Waals surface area contributed by atoms with Gasteiger partial charge in [-0.05, 0) is 24.6 Å². The summed E-state index contributed by atoms with van der Waals surface area (Å²) < 4.78 is 0. The lowest BCUT2D eigenvalue weighted by molar-refractivity contribution is -0.116. The van der Waals surface area contributed by atoms with Crippen LogP contribution in [0.3, 0.4) is 0 Å². The molecule has 1 aliphatic heterocycles. The number of hydrogen-bond donors (Lipinski definition) is 0. The molecule has 1 fully saturated rings. The minimum absolute atomic E-state index is 0.0548. The molecule has 1 aliphatic rings. The Labute approximate surface area is 106 Å². The third kappa shape index (κ3) is 2.14. The monoisotopic (exact) mass is 307 g/mol. The molecule has 0 spiro atoms. The van der Waals surface area contributed by atoms with Gasteiger partial charge in [0.15, 0.2) is 0 Å². The number of alkyl halides is 1. The minimum Gasteiger partial charge on any atom is -0.310 e. The molecule has 0 aliphatic carbocycles. The van der Waals surface area contributed by atoms with E-state index in [1.807, 2.05) is 0 Å². The van der Waals surface area contributed by atoms with Crippen LogP contribution in [0.4, 0.5) is 5.69 Å². The Morgan fingerprint density at radius 1 is 1.40 bits per heavy atom. The third-order valence-corrected chi connectivity index (χ3v) is 3.73. The van der Waals surface area contributed by atoms with Crippen LogP contribution in [0.2, 0.25) is 10.0 Å². The lowest BCUT2D eigenvalue weighted by Crippen LogP contribution is -2.27. The highest BCUT2D eigenvalue weighted by atomic mass is 79.9. The highest BCUT2D eigenvalue weighted by molar-refractivity contribution is 9.10. The quantitative estimate of drug-likeness (QED) is 0.727. The Hall–Kier alpha value is -0.250. The molecule has 2 rings (SSSR count). The van der Waals surface area contributed by atoms with E-state index in [-0.39, 0.29) is 10.7 Å². The molecule has 1 amide bonds. The molecule has 1 aromatic rings. The van der Waals surface area contributed by atoms with Crippen molar-refractivity contribution < 1.29 is 4.79 Å². The summed E-state index contributed by atoms with van der Waals surface area (Å²) in [6.45, 7) is 0.691. The number of halogens is 3. The molecule has 80 valence electrons. The predicted octanol–water partition coefficient (Wildman–Crippen LogP) is 3.49. The first-order valence-electron chi connectivity index (χ1n) is 4.50. The van der Waals surface area contributed by atoms with Gasteiger partial charge in [-0.15, -0.1) is 0 Å². The van der Waals surface area contributed by atoms with Crippen LogP contribution in [0.15, 0.2) is 18.2 Å². The lowest BCUT2D eigenvalue weighted by Gasteiger charge is -2.17. The van der Waals surface area contributed by atoms with E-state index in [1.165, 1.54) is 0 Å². The molecule has 0 radical (unpaired) electrons. The van der Waals surface area contributed by atoms with Crippen LogP contribution in [0.1, 0.15) is 6.42 Å². The highest BCUT2D eigenvalue weighted by Crippen LogP contribution is 2.32. The first-order valence-corrected chi connectivity index (χ1v) is 6.17. The zero-order chi connectivity index (χ0) is 11.0. The van der Waals surface area contributed by atoms with Crippen LogP contribution in [-0.2, 0) is 4.79 Å². The van der Waals surface area contributed by atoms with E-state index in [1.54, 1.807) is 23.1 Å². The summed E-state index contributed by atoms with van der Waals surface area (Å²) in [6, 6.07) is 5.15. The smallest absolute Gasteiger partial charge is 0.240 e. The van der Waals surface area contributed by atoms with E-state index in [4.69, 9.17) is 23.2 Å².